The molecule has 4 heteroatoms. The Bertz CT molecular complexity index is 3130. The molecule has 3 heterocycles. The maximum atomic E-state index is 5.54. The summed E-state index contributed by atoms with van der Waals surface area (Å²) in [6.45, 7) is 0. The molecule has 3 aromatic heterocycles. The second-order valence-corrected chi connectivity index (χ2v) is 14.6. The predicted molar refractivity (Wildman–Crippen MR) is 224 cm³/mol. The second-order valence-electron chi connectivity index (χ2n) is 13.5. The lowest BCUT2D eigenvalue weighted by Gasteiger charge is -2.14. The predicted octanol–water partition coefficient (Wildman–Crippen LogP) is 13.5. The van der Waals surface area contributed by atoms with Gasteiger partial charge in [-0.05, 0) is 56.6 Å². The summed E-state index contributed by atoms with van der Waals surface area (Å²) in [4.78, 5) is 16.0. The summed E-state index contributed by atoms with van der Waals surface area (Å²) in [5.74, 6) is 0.688. The van der Waals surface area contributed by atoms with Crippen molar-refractivity contribution in [3.63, 3.8) is 0 Å². The number of aromatic nitrogens is 3. The number of thiophene rings is 1. The highest BCUT2D eigenvalue weighted by Crippen LogP contribution is 2.46. The monoisotopic (exact) mass is 691 g/mol. The Morgan fingerprint density at radius 1 is 0.358 bits per heavy atom. The summed E-state index contributed by atoms with van der Waals surface area (Å²) >= 11 is 1.82. The molecule has 0 N–H and O–H groups in total. The van der Waals surface area contributed by atoms with Gasteiger partial charge in [0.15, 0.2) is 5.82 Å². The molecule has 3 nitrogen and oxygen atoms in total. The van der Waals surface area contributed by atoms with Crippen LogP contribution < -0.4 is 0 Å². The lowest BCUT2D eigenvalue weighted by atomic mass is 9.92. The first-order chi connectivity index (χ1) is 26.3. The minimum atomic E-state index is 0.688. The maximum absolute atomic E-state index is 5.54. The van der Waals surface area contributed by atoms with Gasteiger partial charge in [0.1, 0.15) is 0 Å². The first-order valence-electron chi connectivity index (χ1n) is 17.9. The fourth-order valence-corrected chi connectivity index (χ4v) is 9.31. The summed E-state index contributed by atoms with van der Waals surface area (Å²) < 4.78 is 2.43. The topological polar surface area (TPSA) is 38.7 Å². The van der Waals surface area contributed by atoms with Crippen LogP contribution in [-0.2, 0) is 0 Å². The Hall–Kier alpha value is -6.75. The normalized spacial score (nSPS) is 11.8. The zero-order chi connectivity index (χ0) is 34.9. The molecule has 246 valence electrons. The molecule has 0 bridgehead atoms. The molecule has 0 radical (unpaired) electrons. The molecule has 0 saturated carbocycles. The molecule has 0 amide bonds. The average molecular weight is 692 g/mol. The van der Waals surface area contributed by atoms with Crippen molar-refractivity contribution in [2.75, 3.05) is 0 Å². The van der Waals surface area contributed by atoms with E-state index in [-0.39, 0.29) is 0 Å². The van der Waals surface area contributed by atoms with E-state index in [4.69, 9.17) is 15.0 Å². The smallest absolute Gasteiger partial charge is 0.161 e. The van der Waals surface area contributed by atoms with Crippen LogP contribution in [0.2, 0.25) is 0 Å². The molecular weight excluding hydrogens is 663 g/mol. The van der Waals surface area contributed by atoms with E-state index >= 15 is 0 Å². The third-order valence-electron chi connectivity index (χ3n) is 10.5. The summed E-state index contributed by atoms with van der Waals surface area (Å²) in [7, 11) is 0. The van der Waals surface area contributed by atoms with Crippen molar-refractivity contribution in [2.45, 2.75) is 0 Å². The molecular formula is C49H29N3S. The summed E-state index contributed by atoms with van der Waals surface area (Å²) in [5.41, 5.74) is 7.88. The summed E-state index contributed by atoms with van der Waals surface area (Å²) in [5, 5.41) is 11.0. The van der Waals surface area contributed by atoms with Gasteiger partial charge in [0.25, 0.3) is 0 Å². The Balaban J connectivity index is 1.21. The van der Waals surface area contributed by atoms with Crippen molar-refractivity contribution < 1.29 is 0 Å². The number of benzene rings is 8. The highest BCUT2D eigenvalue weighted by molar-refractivity contribution is 7.26. The van der Waals surface area contributed by atoms with Crippen LogP contribution in [0.5, 0.6) is 0 Å². The van der Waals surface area contributed by atoms with E-state index in [2.05, 4.69) is 164 Å². The highest BCUT2D eigenvalue weighted by atomic mass is 32.1. The van der Waals surface area contributed by atoms with Crippen molar-refractivity contribution in [3.05, 3.63) is 176 Å². The van der Waals surface area contributed by atoms with E-state index < -0.39 is 0 Å². The molecule has 0 aliphatic rings. The van der Waals surface area contributed by atoms with Crippen molar-refractivity contribution in [2.24, 2.45) is 0 Å². The Morgan fingerprint density at radius 3 is 1.55 bits per heavy atom. The zero-order valence-corrected chi connectivity index (χ0v) is 29.3. The first kappa shape index (κ1) is 29.9. The molecule has 0 aliphatic carbocycles. The van der Waals surface area contributed by atoms with Crippen molar-refractivity contribution >= 4 is 74.7 Å². The van der Waals surface area contributed by atoms with Crippen LogP contribution in [0.4, 0.5) is 0 Å². The number of rotatable bonds is 4. The molecule has 8 aromatic carbocycles. The summed E-state index contributed by atoms with van der Waals surface area (Å²) in [6, 6.07) is 62.3. The van der Waals surface area contributed by atoms with E-state index in [9.17, 15) is 0 Å². The van der Waals surface area contributed by atoms with E-state index in [0.29, 0.717) is 5.82 Å². The minimum absolute atomic E-state index is 0.688. The van der Waals surface area contributed by atoms with Gasteiger partial charge in [0.05, 0.1) is 22.6 Å². The van der Waals surface area contributed by atoms with Crippen molar-refractivity contribution in [3.8, 4) is 45.2 Å². The van der Waals surface area contributed by atoms with Crippen LogP contribution >= 0.6 is 11.3 Å². The Labute approximate surface area is 309 Å². The average Bonchev–Trinajstić information content (AvgIpc) is 3.63. The van der Waals surface area contributed by atoms with Gasteiger partial charge in [0, 0.05) is 47.8 Å². The van der Waals surface area contributed by atoms with Crippen LogP contribution in [-0.4, -0.2) is 15.0 Å². The van der Waals surface area contributed by atoms with Crippen LogP contribution in [0.1, 0.15) is 0 Å². The Morgan fingerprint density at radius 2 is 0.906 bits per heavy atom. The zero-order valence-electron chi connectivity index (χ0n) is 28.5. The van der Waals surface area contributed by atoms with Gasteiger partial charge in [-0.25, -0.2) is 15.0 Å². The molecule has 11 aromatic rings. The van der Waals surface area contributed by atoms with Gasteiger partial charge in [-0.15, -0.1) is 11.3 Å². The molecule has 0 fully saturated rings. The molecule has 0 spiro atoms. The van der Waals surface area contributed by atoms with E-state index in [1.54, 1.807) is 0 Å². The van der Waals surface area contributed by atoms with Crippen LogP contribution in [0.3, 0.4) is 0 Å². The fourth-order valence-electron chi connectivity index (χ4n) is 8.04. The third-order valence-corrected chi connectivity index (χ3v) is 11.6. The van der Waals surface area contributed by atoms with Gasteiger partial charge >= 0.3 is 0 Å². The van der Waals surface area contributed by atoms with E-state index in [0.717, 1.165) is 55.6 Å². The first-order valence-corrected chi connectivity index (χ1v) is 18.7. The lowest BCUT2D eigenvalue weighted by Crippen LogP contribution is -1.97. The summed E-state index contributed by atoms with van der Waals surface area (Å²) in [6.07, 6.45) is 0. The van der Waals surface area contributed by atoms with Gasteiger partial charge in [0.2, 0.25) is 0 Å². The van der Waals surface area contributed by atoms with Crippen LogP contribution in [0.25, 0.3) is 109 Å². The molecule has 0 unspecified atom stereocenters. The number of hydrogen-bond acceptors (Lipinski definition) is 4. The third kappa shape index (κ3) is 4.77. The fraction of sp³-hybridized carbons (Fsp3) is 0. The molecule has 11 rings (SSSR count). The van der Waals surface area contributed by atoms with Crippen molar-refractivity contribution in [1.82, 2.24) is 15.0 Å². The number of pyridine rings is 1. The highest BCUT2D eigenvalue weighted by Gasteiger charge is 2.21. The maximum Gasteiger partial charge on any atom is 0.161 e. The lowest BCUT2D eigenvalue weighted by molar-refractivity contribution is 1.19. The molecule has 0 aliphatic heterocycles. The largest absolute Gasteiger partial charge is 0.247 e. The van der Waals surface area contributed by atoms with E-state index in [1.807, 2.05) is 23.5 Å². The molecule has 53 heavy (non-hydrogen) atoms. The van der Waals surface area contributed by atoms with Crippen LogP contribution in [0.15, 0.2) is 176 Å². The van der Waals surface area contributed by atoms with Crippen LogP contribution in [0, 0.1) is 0 Å². The quantitative estimate of drug-likeness (QED) is 0.172. The standard InChI is InChI=1S/C49H29N3S/c1-3-14-30(15-4-1)42-29-43(31-16-5-2-6-17-31)52-49(51-42)39-23-13-24-41-45(39)48-46(38-22-11-12-25-44(38)53-48)47(50-41)32-26-27-37-35-20-8-7-18-33(35)34-19-9-10-21-36(34)40(37)28-32/h1-29H. The van der Waals surface area contributed by atoms with E-state index in [1.165, 1.54) is 47.1 Å². The van der Waals surface area contributed by atoms with Gasteiger partial charge in [-0.2, -0.15) is 0 Å². The van der Waals surface area contributed by atoms with Gasteiger partial charge in [-0.3, -0.25) is 0 Å². The molecule has 0 saturated heterocycles. The Kier molecular flexibility index (Phi) is 6.73. The number of fused-ring (bicyclic) bond motifs is 11. The second kappa shape index (κ2) is 11.9. The van der Waals surface area contributed by atoms with Gasteiger partial charge in [-0.1, -0.05) is 152 Å². The molecule has 0 atom stereocenters. The van der Waals surface area contributed by atoms with Crippen molar-refractivity contribution in [1.29, 1.82) is 0 Å². The minimum Gasteiger partial charge on any atom is -0.247 e. The van der Waals surface area contributed by atoms with Gasteiger partial charge < -0.3 is 0 Å². The SMILES string of the molecule is c1ccc(-c2cc(-c3ccccc3)nc(-c3cccc4nc(-c5ccc6c7ccccc7c7ccccc7c6c5)c5c6ccccc6sc5c34)n2)cc1. The number of hydrogen-bond donors (Lipinski definition) is 0. The number of nitrogens with zero attached hydrogens (tertiary/aromatic N) is 3.